The third kappa shape index (κ3) is 6.15. The van der Waals surface area contributed by atoms with Crippen LogP contribution in [0.5, 0.6) is 0 Å². The van der Waals surface area contributed by atoms with Crippen LogP contribution in [0.1, 0.15) is 55.6 Å². The zero-order valence-corrected chi connectivity index (χ0v) is 26.7. The minimum Gasteiger partial charge on any atom is -0.348 e. The van der Waals surface area contributed by atoms with E-state index in [1.165, 1.54) is 13.2 Å². The summed E-state index contributed by atoms with van der Waals surface area (Å²) in [5, 5.41) is 7.45. The average Bonchev–Trinajstić information content (AvgIpc) is 3.77. The maximum atomic E-state index is 14.5. The fraction of sp³-hybridized carbons (Fsp3) is 0.222. The molecule has 0 fully saturated rings. The average molecular weight is 665 g/mol. The second-order valence-electron chi connectivity index (χ2n) is 11.9. The Kier molecular flexibility index (Phi) is 8.18. The van der Waals surface area contributed by atoms with Crippen LogP contribution in [0.2, 0.25) is 0 Å². The molecule has 0 radical (unpaired) electrons. The van der Waals surface area contributed by atoms with Crippen LogP contribution in [-0.2, 0) is 39.2 Å². The number of pyridine rings is 2. The van der Waals surface area contributed by atoms with E-state index in [2.05, 4.69) is 25.4 Å². The number of nitrogens with zero attached hydrogens (tertiary/aromatic N) is 7. The van der Waals surface area contributed by atoms with Gasteiger partial charge in [-0.2, -0.15) is 18.3 Å². The number of aromatic nitrogens is 6. The molecule has 0 atom stereocenters. The number of hydrogen-bond donors (Lipinski definition) is 1. The SMILES string of the molecule is CCc1cc(CNC(=O)c2ccncc2)c2nccc(N3CCc4c(cc(Cn5ccnc5)cc4-c4cn(C)nc4C(F)(F)F)C3=O)c2c1. The van der Waals surface area contributed by atoms with Crippen molar-refractivity contribution in [2.75, 3.05) is 11.4 Å². The number of nitrogens with one attached hydrogen (secondary N) is 1. The smallest absolute Gasteiger partial charge is 0.348 e. The van der Waals surface area contributed by atoms with Gasteiger partial charge in [0.05, 0.1) is 17.5 Å². The Morgan fingerprint density at radius 3 is 2.49 bits per heavy atom. The fourth-order valence-electron chi connectivity index (χ4n) is 6.45. The van der Waals surface area contributed by atoms with E-state index in [-0.39, 0.29) is 30.5 Å². The number of fused-ring (bicyclic) bond motifs is 2. The number of amides is 2. The minimum absolute atomic E-state index is 0.0691. The summed E-state index contributed by atoms with van der Waals surface area (Å²) in [5.41, 5.74) is 4.35. The maximum Gasteiger partial charge on any atom is 0.435 e. The zero-order chi connectivity index (χ0) is 34.3. The van der Waals surface area contributed by atoms with Crippen molar-refractivity contribution in [1.82, 2.24) is 34.6 Å². The number of carbonyl (C=O) groups excluding carboxylic acids is 2. The quantitative estimate of drug-likeness (QED) is 0.214. The van der Waals surface area contributed by atoms with Gasteiger partial charge >= 0.3 is 6.18 Å². The van der Waals surface area contributed by atoms with Gasteiger partial charge < -0.3 is 14.8 Å². The maximum absolute atomic E-state index is 14.5. The van der Waals surface area contributed by atoms with Crippen LogP contribution in [0.25, 0.3) is 22.0 Å². The minimum atomic E-state index is -4.68. The highest BCUT2D eigenvalue weighted by Crippen LogP contribution is 2.41. The standard InChI is InChI=1S/C36H31F3N8O2/c1-3-22-14-25(18-43-34(48)24-4-8-40-9-5-24)32-29(15-22)31(6-10-42-32)47-12-7-26-27(30-20-45(2)44-33(30)36(37,38)39)16-23(17-28(26)35(47)49)19-46-13-11-41-21-46/h4-6,8-11,13-17,20-21H,3,7,12,18-19H2,1-2H3,(H,43,48). The summed E-state index contributed by atoms with van der Waals surface area (Å²) in [7, 11) is 1.45. The topological polar surface area (TPSA) is 111 Å². The molecule has 7 rings (SSSR count). The lowest BCUT2D eigenvalue weighted by Gasteiger charge is -2.31. The van der Waals surface area contributed by atoms with Crippen molar-refractivity contribution in [3.63, 3.8) is 0 Å². The third-order valence-corrected chi connectivity index (χ3v) is 8.72. The summed E-state index contributed by atoms with van der Waals surface area (Å²) in [4.78, 5) is 41.7. The summed E-state index contributed by atoms with van der Waals surface area (Å²) in [5.74, 6) is -0.574. The van der Waals surface area contributed by atoms with Crippen molar-refractivity contribution < 1.29 is 22.8 Å². The lowest BCUT2D eigenvalue weighted by molar-refractivity contribution is -0.141. The van der Waals surface area contributed by atoms with Crippen molar-refractivity contribution in [3.05, 3.63) is 125 Å². The summed E-state index contributed by atoms with van der Waals surface area (Å²) in [6.45, 7) is 2.79. The first kappa shape index (κ1) is 31.7. The summed E-state index contributed by atoms with van der Waals surface area (Å²) < 4.78 is 45.5. The van der Waals surface area contributed by atoms with Gasteiger partial charge in [-0.05, 0) is 77.1 Å². The highest BCUT2D eigenvalue weighted by molar-refractivity contribution is 6.13. The van der Waals surface area contributed by atoms with Crippen molar-refractivity contribution in [3.8, 4) is 11.1 Å². The molecule has 4 aromatic heterocycles. The number of halogens is 3. The van der Waals surface area contributed by atoms with E-state index < -0.39 is 11.9 Å². The molecule has 5 heterocycles. The van der Waals surface area contributed by atoms with Crippen LogP contribution >= 0.6 is 0 Å². The van der Waals surface area contributed by atoms with E-state index in [9.17, 15) is 22.8 Å². The Labute approximate surface area is 279 Å². The molecule has 1 aliphatic rings. The lowest BCUT2D eigenvalue weighted by atomic mass is 9.87. The van der Waals surface area contributed by atoms with Crippen LogP contribution in [0.4, 0.5) is 18.9 Å². The Bertz CT molecular complexity index is 2190. The molecule has 6 aromatic rings. The largest absolute Gasteiger partial charge is 0.435 e. The van der Waals surface area contributed by atoms with E-state index in [0.717, 1.165) is 21.2 Å². The van der Waals surface area contributed by atoms with Gasteiger partial charge in [-0.25, -0.2) is 4.98 Å². The number of alkyl halides is 3. The van der Waals surface area contributed by atoms with Gasteiger partial charge in [-0.3, -0.25) is 24.2 Å². The van der Waals surface area contributed by atoms with Gasteiger partial charge in [0.25, 0.3) is 11.8 Å². The Morgan fingerprint density at radius 2 is 1.76 bits per heavy atom. The molecule has 13 heteroatoms. The van der Waals surface area contributed by atoms with E-state index in [1.807, 2.05) is 19.1 Å². The predicted molar refractivity (Wildman–Crippen MR) is 177 cm³/mol. The summed E-state index contributed by atoms with van der Waals surface area (Å²) >= 11 is 0. The highest BCUT2D eigenvalue weighted by Gasteiger charge is 2.39. The van der Waals surface area contributed by atoms with Crippen LogP contribution < -0.4 is 10.2 Å². The normalized spacial score (nSPS) is 13.2. The number of anilines is 1. The Morgan fingerprint density at radius 1 is 0.959 bits per heavy atom. The van der Waals surface area contributed by atoms with Gasteiger partial charge in [-0.15, -0.1) is 0 Å². The van der Waals surface area contributed by atoms with E-state index in [4.69, 9.17) is 0 Å². The lowest BCUT2D eigenvalue weighted by Crippen LogP contribution is -2.38. The van der Waals surface area contributed by atoms with Gasteiger partial charge in [0, 0.05) is 85.9 Å². The molecular formula is C36H31F3N8O2. The number of benzene rings is 2. The first-order chi connectivity index (χ1) is 23.6. The molecular weight excluding hydrogens is 633 g/mol. The zero-order valence-electron chi connectivity index (χ0n) is 26.7. The van der Waals surface area contributed by atoms with E-state index in [1.54, 1.807) is 77.1 Å². The van der Waals surface area contributed by atoms with Gasteiger partial charge in [0.2, 0.25) is 0 Å². The molecule has 1 aliphatic heterocycles. The first-order valence-corrected chi connectivity index (χ1v) is 15.7. The number of aryl methyl sites for hydroxylation is 2. The number of rotatable bonds is 8. The molecule has 0 unspecified atom stereocenters. The number of carbonyl (C=O) groups is 2. The Hall–Kier alpha value is -5.85. The van der Waals surface area contributed by atoms with Crippen LogP contribution in [0.3, 0.4) is 0 Å². The number of imidazole rings is 1. The number of hydrogen-bond acceptors (Lipinski definition) is 6. The molecule has 1 N–H and O–H groups in total. The molecule has 0 spiro atoms. The molecule has 0 saturated carbocycles. The predicted octanol–water partition coefficient (Wildman–Crippen LogP) is 5.99. The molecule has 2 amide bonds. The summed E-state index contributed by atoms with van der Waals surface area (Å²) in [6, 6.07) is 12.5. The molecule has 2 aromatic carbocycles. The molecule has 10 nitrogen and oxygen atoms in total. The third-order valence-electron chi connectivity index (χ3n) is 8.72. The second-order valence-corrected chi connectivity index (χ2v) is 11.9. The molecule has 0 bridgehead atoms. The van der Waals surface area contributed by atoms with Crippen molar-refractivity contribution in [1.29, 1.82) is 0 Å². The molecule has 49 heavy (non-hydrogen) atoms. The van der Waals surface area contributed by atoms with Crippen LogP contribution in [0, 0.1) is 0 Å². The van der Waals surface area contributed by atoms with E-state index in [0.29, 0.717) is 58.4 Å². The van der Waals surface area contributed by atoms with Gasteiger partial charge in [0.15, 0.2) is 5.69 Å². The molecule has 0 saturated heterocycles. The monoisotopic (exact) mass is 664 g/mol. The Balaban J connectivity index is 1.30. The van der Waals surface area contributed by atoms with Crippen molar-refractivity contribution in [2.45, 2.75) is 39.0 Å². The van der Waals surface area contributed by atoms with E-state index >= 15 is 0 Å². The fourth-order valence-corrected chi connectivity index (χ4v) is 6.45. The second kappa shape index (κ2) is 12.6. The highest BCUT2D eigenvalue weighted by atomic mass is 19.4. The molecule has 248 valence electrons. The van der Waals surface area contributed by atoms with Crippen LogP contribution in [-0.4, -0.2) is 47.7 Å². The van der Waals surface area contributed by atoms with Gasteiger partial charge in [0.1, 0.15) is 0 Å². The first-order valence-electron chi connectivity index (χ1n) is 15.7. The van der Waals surface area contributed by atoms with Crippen molar-refractivity contribution in [2.24, 2.45) is 7.05 Å². The summed E-state index contributed by atoms with van der Waals surface area (Å²) in [6.07, 6.45) is 7.43. The van der Waals surface area contributed by atoms with Crippen molar-refractivity contribution >= 4 is 28.4 Å². The molecule has 0 aliphatic carbocycles. The van der Waals surface area contributed by atoms with Gasteiger partial charge in [-0.1, -0.05) is 13.0 Å². The van der Waals surface area contributed by atoms with Crippen LogP contribution in [0.15, 0.2) is 86.0 Å².